The molecule has 1 aromatic heterocycles. The highest BCUT2D eigenvalue weighted by Gasteiger charge is 2.36. The number of aryl methyl sites for hydroxylation is 1. The van der Waals surface area contributed by atoms with Gasteiger partial charge in [-0.15, -0.1) is 5.10 Å². The maximum absolute atomic E-state index is 13.0. The van der Waals surface area contributed by atoms with Crippen LogP contribution < -0.4 is 15.0 Å². The molecule has 0 aliphatic carbocycles. The van der Waals surface area contributed by atoms with Gasteiger partial charge in [-0.05, 0) is 50.2 Å². The average Bonchev–Trinajstić information content (AvgIpc) is 2.76. The van der Waals surface area contributed by atoms with Gasteiger partial charge in [0, 0.05) is 41.0 Å². The number of benzene rings is 2. The SMILES string of the molecule is CC.Cn1nc(OC2CC(C)(C)Oc3ccc(S(=O)c4cccc(O)c4)cc32)ccc1=O. The molecule has 2 unspecified atom stereocenters. The van der Waals surface area contributed by atoms with Gasteiger partial charge in [-0.2, -0.15) is 0 Å². The van der Waals surface area contributed by atoms with E-state index in [1.807, 2.05) is 27.7 Å². The van der Waals surface area contributed by atoms with Crippen LogP contribution in [0.5, 0.6) is 17.4 Å². The van der Waals surface area contributed by atoms with Crippen molar-refractivity contribution in [2.45, 2.75) is 55.6 Å². The Morgan fingerprint density at radius 1 is 1.12 bits per heavy atom. The van der Waals surface area contributed by atoms with Gasteiger partial charge in [0.25, 0.3) is 5.56 Å². The number of ether oxygens (including phenoxy) is 2. The number of hydrogen-bond acceptors (Lipinski definition) is 6. The molecule has 170 valence electrons. The summed E-state index contributed by atoms with van der Waals surface area (Å²) in [4.78, 5) is 12.7. The predicted molar refractivity (Wildman–Crippen MR) is 123 cm³/mol. The lowest BCUT2D eigenvalue weighted by molar-refractivity contribution is 0.0195. The normalized spacial score (nSPS) is 17.2. The largest absolute Gasteiger partial charge is 0.508 e. The van der Waals surface area contributed by atoms with Crippen molar-refractivity contribution in [3.63, 3.8) is 0 Å². The van der Waals surface area contributed by atoms with Gasteiger partial charge in [-0.3, -0.25) is 4.79 Å². The topological polar surface area (TPSA) is 90.7 Å². The molecule has 8 heteroatoms. The van der Waals surface area contributed by atoms with Crippen molar-refractivity contribution in [3.05, 3.63) is 70.5 Å². The Balaban J connectivity index is 0.00000141. The smallest absolute Gasteiger partial charge is 0.266 e. The van der Waals surface area contributed by atoms with Gasteiger partial charge in [0.15, 0.2) is 0 Å². The fourth-order valence-electron chi connectivity index (χ4n) is 3.41. The summed E-state index contributed by atoms with van der Waals surface area (Å²) in [6, 6.07) is 14.7. The minimum absolute atomic E-state index is 0.0610. The maximum atomic E-state index is 13.0. The van der Waals surface area contributed by atoms with E-state index in [9.17, 15) is 14.1 Å². The number of fused-ring (bicyclic) bond motifs is 1. The van der Waals surface area contributed by atoms with Crippen LogP contribution in [0.25, 0.3) is 0 Å². The Bertz CT molecular complexity index is 1190. The third-order valence-electron chi connectivity index (χ3n) is 4.84. The Morgan fingerprint density at radius 3 is 2.53 bits per heavy atom. The fraction of sp³-hybridized carbons (Fsp3) is 0.333. The van der Waals surface area contributed by atoms with E-state index < -0.39 is 22.5 Å². The van der Waals surface area contributed by atoms with Crippen LogP contribution in [0.4, 0.5) is 0 Å². The third-order valence-corrected chi connectivity index (χ3v) is 6.20. The van der Waals surface area contributed by atoms with Crippen molar-refractivity contribution in [2.24, 2.45) is 7.05 Å². The van der Waals surface area contributed by atoms with Crippen molar-refractivity contribution in [3.8, 4) is 17.4 Å². The molecule has 2 aromatic carbocycles. The summed E-state index contributed by atoms with van der Waals surface area (Å²) in [5, 5.41) is 13.9. The molecule has 32 heavy (non-hydrogen) atoms. The number of rotatable bonds is 4. The van der Waals surface area contributed by atoms with E-state index in [0.717, 1.165) is 5.56 Å². The van der Waals surface area contributed by atoms with E-state index >= 15 is 0 Å². The summed E-state index contributed by atoms with van der Waals surface area (Å²) in [7, 11) is 0.0884. The molecule has 1 N–H and O–H groups in total. The Hall–Kier alpha value is -3.13. The zero-order chi connectivity index (χ0) is 23.5. The van der Waals surface area contributed by atoms with Gasteiger partial charge < -0.3 is 14.6 Å². The zero-order valence-electron chi connectivity index (χ0n) is 18.9. The van der Waals surface area contributed by atoms with Crippen LogP contribution in [0.2, 0.25) is 0 Å². The second-order valence-corrected chi connectivity index (χ2v) is 9.25. The molecule has 3 aromatic rings. The molecule has 1 aliphatic rings. The molecule has 2 heterocycles. The molecule has 2 atom stereocenters. The van der Waals surface area contributed by atoms with Crippen LogP contribution in [0.3, 0.4) is 0 Å². The van der Waals surface area contributed by atoms with Gasteiger partial charge >= 0.3 is 0 Å². The van der Waals surface area contributed by atoms with E-state index in [4.69, 9.17) is 9.47 Å². The molecule has 4 rings (SSSR count). The fourth-order valence-corrected chi connectivity index (χ4v) is 4.54. The molecular weight excluding hydrogens is 428 g/mol. The standard InChI is InChI=1S/C22H22N2O5S.C2H6/c1-22(2)13-19(28-20-9-10-21(26)24(3)23-20)17-12-16(7-8-18(17)29-22)30(27)15-6-4-5-14(25)11-15;1-2/h4-12,19,25H,13H2,1-3H3;1-2H3. The lowest BCUT2D eigenvalue weighted by Crippen LogP contribution is -2.36. The van der Waals surface area contributed by atoms with Crippen LogP contribution in [0, 0.1) is 0 Å². The Kier molecular flexibility index (Phi) is 7.03. The molecule has 0 saturated heterocycles. The van der Waals surface area contributed by atoms with Crippen LogP contribution in [-0.4, -0.2) is 24.7 Å². The molecule has 0 fully saturated rings. The summed E-state index contributed by atoms with van der Waals surface area (Å²) in [5.74, 6) is 1.04. The number of hydrogen-bond donors (Lipinski definition) is 1. The predicted octanol–water partition coefficient (Wildman–Crippen LogP) is 4.36. The van der Waals surface area contributed by atoms with E-state index in [1.165, 1.54) is 22.9 Å². The summed E-state index contributed by atoms with van der Waals surface area (Å²) < 4.78 is 26.5. The quantitative estimate of drug-likeness (QED) is 0.627. The first-order valence-corrected chi connectivity index (χ1v) is 11.6. The minimum Gasteiger partial charge on any atom is -0.508 e. The van der Waals surface area contributed by atoms with Crippen molar-refractivity contribution < 1.29 is 18.8 Å². The zero-order valence-corrected chi connectivity index (χ0v) is 19.7. The van der Waals surface area contributed by atoms with E-state index in [0.29, 0.717) is 27.8 Å². The van der Waals surface area contributed by atoms with Crippen molar-refractivity contribution in [1.29, 1.82) is 0 Å². The molecule has 0 spiro atoms. The van der Waals surface area contributed by atoms with Crippen molar-refractivity contribution >= 4 is 10.8 Å². The summed E-state index contributed by atoms with van der Waals surface area (Å²) in [5.41, 5.74) is 0.0688. The number of nitrogens with zero attached hydrogens (tertiary/aromatic N) is 2. The highest BCUT2D eigenvalue weighted by Crippen LogP contribution is 2.42. The first kappa shape index (κ1) is 23.5. The van der Waals surface area contributed by atoms with Crippen LogP contribution >= 0.6 is 0 Å². The second-order valence-electron chi connectivity index (χ2n) is 7.77. The molecule has 0 amide bonds. The molecular formula is C24H28N2O5S. The van der Waals surface area contributed by atoms with Gasteiger partial charge in [0.05, 0.1) is 10.8 Å². The van der Waals surface area contributed by atoms with E-state index in [2.05, 4.69) is 5.10 Å². The first-order chi connectivity index (χ1) is 15.2. The first-order valence-electron chi connectivity index (χ1n) is 10.5. The number of phenolic OH excluding ortho intramolecular Hbond substituents is 1. The number of aromatic hydroxyl groups is 1. The molecule has 0 saturated carbocycles. The van der Waals surface area contributed by atoms with Crippen molar-refractivity contribution in [2.75, 3.05) is 0 Å². The summed E-state index contributed by atoms with van der Waals surface area (Å²) >= 11 is 0. The van der Waals surface area contributed by atoms with Crippen LogP contribution in [0.1, 0.15) is 45.8 Å². The van der Waals surface area contributed by atoms with Gasteiger partial charge in [-0.1, -0.05) is 19.9 Å². The summed E-state index contributed by atoms with van der Waals surface area (Å²) in [6.45, 7) is 7.94. The third kappa shape index (κ3) is 5.19. The van der Waals surface area contributed by atoms with Crippen molar-refractivity contribution in [1.82, 2.24) is 9.78 Å². The van der Waals surface area contributed by atoms with E-state index in [-0.39, 0.29) is 11.3 Å². The highest BCUT2D eigenvalue weighted by molar-refractivity contribution is 7.85. The highest BCUT2D eigenvalue weighted by atomic mass is 32.2. The van der Waals surface area contributed by atoms with Gasteiger partial charge in [0.2, 0.25) is 5.88 Å². The molecule has 7 nitrogen and oxygen atoms in total. The second kappa shape index (κ2) is 9.56. The molecule has 0 radical (unpaired) electrons. The number of aromatic nitrogens is 2. The Labute approximate surface area is 190 Å². The Morgan fingerprint density at radius 2 is 1.84 bits per heavy atom. The lowest BCUT2D eigenvalue weighted by Gasteiger charge is -2.37. The van der Waals surface area contributed by atoms with E-state index in [1.54, 1.807) is 43.4 Å². The van der Waals surface area contributed by atoms with Crippen LogP contribution in [0.15, 0.2) is 69.2 Å². The molecule has 1 aliphatic heterocycles. The van der Waals surface area contributed by atoms with Gasteiger partial charge in [-0.25, -0.2) is 8.89 Å². The maximum Gasteiger partial charge on any atom is 0.266 e. The lowest BCUT2D eigenvalue weighted by atomic mass is 9.91. The summed E-state index contributed by atoms with van der Waals surface area (Å²) in [6.07, 6.45) is 0.155. The average molecular weight is 457 g/mol. The van der Waals surface area contributed by atoms with Crippen LogP contribution in [-0.2, 0) is 17.8 Å². The van der Waals surface area contributed by atoms with Gasteiger partial charge in [0.1, 0.15) is 23.2 Å². The minimum atomic E-state index is -1.47. The molecule has 0 bridgehead atoms. The monoisotopic (exact) mass is 456 g/mol. The number of phenols is 1.